The van der Waals surface area contributed by atoms with Crippen molar-refractivity contribution in [1.29, 1.82) is 0 Å². The number of thiophene rings is 1. The lowest BCUT2D eigenvalue weighted by Crippen LogP contribution is -2.48. The standard InChI is InChI=1S/C34H32N2O5S/c1-18-14-20(15-19(2)29(18)37)28-23-11-12-24-27(32(40)35(30(24)38)17-22-10-7-13-42-22)25(23)16-26-31(39)36(33(41)34(26,28)3)21-8-5-4-6-9-21/h4-11,13-15,24-28,37H,12,16-17H2,1-3H3. The van der Waals surface area contributed by atoms with Crippen LogP contribution in [0.1, 0.15) is 47.3 Å². The summed E-state index contributed by atoms with van der Waals surface area (Å²) in [6, 6.07) is 16.6. The van der Waals surface area contributed by atoms with Crippen LogP contribution >= 0.6 is 11.3 Å². The van der Waals surface area contributed by atoms with Gasteiger partial charge in [0.25, 0.3) is 0 Å². The number of anilines is 1. The molecule has 8 heteroatoms. The van der Waals surface area contributed by atoms with Gasteiger partial charge in [-0.1, -0.05) is 48.0 Å². The number of phenolic OH excluding ortho intramolecular Hbond substituents is 1. The fraction of sp³-hybridized carbons (Fsp3) is 0.353. The lowest BCUT2D eigenvalue weighted by Gasteiger charge is -2.49. The molecule has 7 nitrogen and oxygen atoms in total. The molecule has 214 valence electrons. The van der Waals surface area contributed by atoms with E-state index in [2.05, 4.69) is 6.08 Å². The molecule has 4 amide bonds. The van der Waals surface area contributed by atoms with Gasteiger partial charge in [-0.2, -0.15) is 0 Å². The SMILES string of the molecule is Cc1cc(C2C3=CCC4C(=O)N(Cc5cccs5)C(=O)C4C3CC3C(=O)N(c4ccccc4)C(=O)C32C)cc(C)c1O. The van der Waals surface area contributed by atoms with E-state index in [1.54, 1.807) is 12.1 Å². The highest BCUT2D eigenvalue weighted by Gasteiger charge is 2.67. The maximum absolute atomic E-state index is 14.4. The van der Waals surface area contributed by atoms with Gasteiger partial charge < -0.3 is 5.11 Å². The van der Waals surface area contributed by atoms with E-state index in [9.17, 15) is 24.3 Å². The maximum Gasteiger partial charge on any atom is 0.241 e. The average molecular weight is 581 g/mol. The maximum atomic E-state index is 14.4. The van der Waals surface area contributed by atoms with E-state index in [1.165, 1.54) is 21.1 Å². The Kier molecular flexibility index (Phi) is 6.06. The van der Waals surface area contributed by atoms with Crippen LogP contribution in [0.3, 0.4) is 0 Å². The van der Waals surface area contributed by atoms with Gasteiger partial charge in [-0.3, -0.25) is 24.1 Å². The highest BCUT2D eigenvalue weighted by atomic mass is 32.1. The Morgan fingerprint density at radius 2 is 1.64 bits per heavy atom. The summed E-state index contributed by atoms with van der Waals surface area (Å²) in [6.45, 7) is 5.80. The minimum absolute atomic E-state index is 0.158. The van der Waals surface area contributed by atoms with Gasteiger partial charge >= 0.3 is 0 Å². The van der Waals surface area contributed by atoms with Gasteiger partial charge in [-0.25, -0.2) is 4.90 Å². The summed E-state index contributed by atoms with van der Waals surface area (Å²) in [6.07, 6.45) is 2.81. The first-order chi connectivity index (χ1) is 20.1. The third-order valence-electron chi connectivity index (χ3n) is 10.1. The van der Waals surface area contributed by atoms with Crippen molar-refractivity contribution in [1.82, 2.24) is 4.90 Å². The molecule has 7 rings (SSSR count). The van der Waals surface area contributed by atoms with Gasteiger partial charge in [0.05, 0.1) is 35.4 Å². The molecule has 1 N–H and O–H groups in total. The van der Waals surface area contributed by atoms with Crippen LogP contribution in [0.25, 0.3) is 0 Å². The summed E-state index contributed by atoms with van der Waals surface area (Å²) < 4.78 is 0. The summed E-state index contributed by atoms with van der Waals surface area (Å²) >= 11 is 1.51. The van der Waals surface area contributed by atoms with Crippen molar-refractivity contribution < 1.29 is 24.3 Å². The van der Waals surface area contributed by atoms with E-state index in [1.807, 2.05) is 68.6 Å². The number of hydrogen-bond donors (Lipinski definition) is 1. The van der Waals surface area contributed by atoms with Crippen molar-refractivity contribution in [2.45, 2.75) is 46.1 Å². The fourth-order valence-electron chi connectivity index (χ4n) is 8.15. The lowest BCUT2D eigenvalue weighted by atomic mass is 9.51. The smallest absolute Gasteiger partial charge is 0.241 e. The van der Waals surface area contributed by atoms with E-state index in [-0.39, 0.29) is 41.8 Å². The number of benzene rings is 2. The summed E-state index contributed by atoms with van der Waals surface area (Å²) in [5.41, 5.74) is 2.60. The number of phenols is 1. The van der Waals surface area contributed by atoms with Gasteiger partial charge in [-0.05, 0) is 79.8 Å². The summed E-state index contributed by atoms with van der Waals surface area (Å²) in [5, 5.41) is 12.5. The summed E-state index contributed by atoms with van der Waals surface area (Å²) in [7, 11) is 0. The van der Waals surface area contributed by atoms with Gasteiger partial charge in [0, 0.05) is 10.8 Å². The van der Waals surface area contributed by atoms with Crippen LogP contribution in [0.5, 0.6) is 5.75 Å². The number of fused-ring (bicyclic) bond motifs is 4. The van der Waals surface area contributed by atoms with Crippen molar-refractivity contribution in [2.75, 3.05) is 4.90 Å². The van der Waals surface area contributed by atoms with Crippen molar-refractivity contribution in [2.24, 2.45) is 29.1 Å². The van der Waals surface area contributed by atoms with Crippen molar-refractivity contribution in [3.8, 4) is 5.75 Å². The summed E-state index contributed by atoms with van der Waals surface area (Å²) in [4.78, 5) is 59.9. The number of allylic oxidation sites excluding steroid dienone is 2. The molecule has 3 aromatic rings. The van der Waals surface area contributed by atoms with E-state index < -0.39 is 29.1 Å². The van der Waals surface area contributed by atoms with Crippen LogP contribution in [-0.2, 0) is 25.7 Å². The Hall–Kier alpha value is -4.04. The number of aryl methyl sites for hydroxylation is 2. The normalized spacial score (nSPS) is 30.4. The first kappa shape index (κ1) is 26.8. The number of carbonyl (C=O) groups excluding carboxylic acids is 4. The van der Waals surface area contributed by atoms with Crippen LogP contribution in [0.15, 0.2) is 71.6 Å². The van der Waals surface area contributed by atoms with Crippen molar-refractivity contribution in [3.63, 3.8) is 0 Å². The second-order valence-electron chi connectivity index (χ2n) is 12.3. The Labute approximate surface area is 248 Å². The van der Waals surface area contributed by atoms with E-state index >= 15 is 0 Å². The first-order valence-corrected chi connectivity index (χ1v) is 15.3. The molecule has 1 saturated carbocycles. The molecule has 3 heterocycles. The highest BCUT2D eigenvalue weighted by molar-refractivity contribution is 7.09. The predicted molar refractivity (Wildman–Crippen MR) is 159 cm³/mol. The van der Waals surface area contributed by atoms with Crippen LogP contribution < -0.4 is 4.90 Å². The molecule has 4 aliphatic rings. The average Bonchev–Trinajstić information content (AvgIpc) is 3.63. The number of likely N-dealkylation sites (tertiary alicyclic amines) is 1. The fourth-order valence-corrected chi connectivity index (χ4v) is 8.85. The molecular formula is C34H32N2O5S. The minimum Gasteiger partial charge on any atom is -0.507 e. The number of nitrogens with zero attached hydrogens (tertiary/aromatic N) is 2. The topological polar surface area (TPSA) is 95.0 Å². The molecule has 0 spiro atoms. The van der Waals surface area contributed by atoms with Crippen LogP contribution in [0.4, 0.5) is 5.69 Å². The Bertz CT molecular complexity index is 1660. The van der Waals surface area contributed by atoms with Gasteiger partial charge in [0.2, 0.25) is 23.6 Å². The van der Waals surface area contributed by atoms with Crippen molar-refractivity contribution >= 4 is 40.7 Å². The second kappa shape index (κ2) is 9.49. The zero-order valence-corrected chi connectivity index (χ0v) is 24.6. The van der Waals surface area contributed by atoms with Gasteiger partial charge in [0.1, 0.15) is 5.75 Å². The lowest BCUT2D eigenvalue weighted by molar-refractivity contribution is -0.141. The molecule has 0 radical (unpaired) electrons. The Morgan fingerprint density at radius 3 is 2.31 bits per heavy atom. The Morgan fingerprint density at radius 1 is 0.929 bits per heavy atom. The molecule has 2 aromatic carbocycles. The van der Waals surface area contributed by atoms with E-state index in [4.69, 9.17) is 0 Å². The number of aromatic hydroxyl groups is 1. The molecule has 0 bridgehead atoms. The number of amides is 4. The zero-order valence-electron chi connectivity index (χ0n) is 23.7. The molecule has 2 aliphatic heterocycles. The molecule has 2 aliphatic carbocycles. The van der Waals surface area contributed by atoms with Crippen molar-refractivity contribution in [3.05, 3.63) is 93.2 Å². The number of para-hydroxylation sites is 1. The Balaban J connectivity index is 1.37. The zero-order chi connectivity index (χ0) is 29.5. The van der Waals surface area contributed by atoms with Crippen LogP contribution in [0.2, 0.25) is 0 Å². The summed E-state index contributed by atoms with van der Waals surface area (Å²) in [5.74, 6) is -3.22. The molecule has 1 aromatic heterocycles. The van der Waals surface area contributed by atoms with Gasteiger partial charge in [-0.15, -0.1) is 11.3 Å². The monoisotopic (exact) mass is 580 g/mol. The molecule has 3 fully saturated rings. The molecule has 6 unspecified atom stereocenters. The third kappa shape index (κ3) is 3.63. The molecular weight excluding hydrogens is 548 g/mol. The van der Waals surface area contributed by atoms with E-state index in [0.29, 0.717) is 29.7 Å². The van der Waals surface area contributed by atoms with E-state index in [0.717, 1.165) is 16.0 Å². The first-order valence-electron chi connectivity index (χ1n) is 14.4. The number of carbonyl (C=O) groups is 4. The number of hydrogen-bond acceptors (Lipinski definition) is 6. The molecule has 42 heavy (non-hydrogen) atoms. The second-order valence-corrected chi connectivity index (χ2v) is 13.4. The quantitative estimate of drug-likeness (QED) is 0.325. The predicted octanol–water partition coefficient (Wildman–Crippen LogP) is 5.50. The molecule has 2 saturated heterocycles. The van der Waals surface area contributed by atoms with Gasteiger partial charge in [0.15, 0.2) is 0 Å². The number of rotatable bonds is 4. The minimum atomic E-state index is -1.10. The third-order valence-corrected chi connectivity index (χ3v) is 11.0. The highest BCUT2D eigenvalue weighted by Crippen LogP contribution is 2.63. The number of imide groups is 2. The largest absolute Gasteiger partial charge is 0.507 e. The van der Waals surface area contributed by atoms with Crippen LogP contribution in [-0.4, -0.2) is 33.6 Å². The van der Waals surface area contributed by atoms with Crippen LogP contribution in [0, 0.1) is 42.9 Å². The molecule has 6 atom stereocenters.